The molecule has 4 aromatic rings. The largest absolute Gasteiger partial charge is 0.481 e. The topological polar surface area (TPSA) is 156 Å². The summed E-state index contributed by atoms with van der Waals surface area (Å²) in [5.41, 5.74) is 9.54. The maximum absolute atomic E-state index is 13.5. The number of nitrogens with zero attached hydrogens (tertiary/aromatic N) is 5. The molecule has 2 amide bonds. The Labute approximate surface area is 205 Å². The Morgan fingerprint density at radius 2 is 2.03 bits per heavy atom. The van der Waals surface area contributed by atoms with Crippen molar-refractivity contribution in [2.24, 2.45) is 11.7 Å². The Morgan fingerprint density at radius 1 is 1.20 bits per heavy atom. The van der Waals surface area contributed by atoms with Crippen LogP contribution in [0.2, 0.25) is 5.02 Å². The molecule has 11 nitrogen and oxygen atoms in total. The molecule has 12 heteroatoms. The second-order valence-electron chi connectivity index (χ2n) is 8.50. The Balaban J connectivity index is 1.41. The summed E-state index contributed by atoms with van der Waals surface area (Å²) in [4.78, 5) is 31.3. The number of H-pyrrole nitrogens is 2. The highest BCUT2D eigenvalue weighted by atomic mass is 35.5. The van der Waals surface area contributed by atoms with E-state index in [0.29, 0.717) is 48.0 Å². The van der Waals surface area contributed by atoms with Gasteiger partial charge in [0.15, 0.2) is 5.69 Å². The molecular formula is C23H23ClN8O3. The molecule has 0 saturated carbocycles. The summed E-state index contributed by atoms with van der Waals surface area (Å²) in [7, 11) is 1.51. The first-order valence-electron chi connectivity index (χ1n) is 11.1. The van der Waals surface area contributed by atoms with Gasteiger partial charge in [0.2, 0.25) is 11.8 Å². The number of carbonyl (C=O) groups is 2. The Bertz CT molecular complexity index is 1400. The zero-order valence-corrected chi connectivity index (χ0v) is 19.6. The summed E-state index contributed by atoms with van der Waals surface area (Å²) in [5.74, 6) is -0.486. The number of piperidine rings is 1. The molecule has 35 heavy (non-hydrogen) atoms. The second-order valence-corrected chi connectivity index (χ2v) is 8.91. The zero-order chi connectivity index (χ0) is 24.5. The summed E-state index contributed by atoms with van der Waals surface area (Å²) in [6.45, 7) is 0.398. The first kappa shape index (κ1) is 22.8. The summed E-state index contributed by atoms with van der Waals surface area (Å²) < 4.78 is 5.18. The molecule has 0 radical (unpaired) electrons. The van der Waals surface area contributed by atoms with Crippen LogP contribution in [0.15, 0.2) is 36.5 Å². The lowest BCUT2D eigenvalue weighted by molar-refractivity contribution is -0.123. The van der Waals surface area contributed by atoms with Crippen LogP contribution >= 0.6 is 11.6 Å². The smallest absolute Gasteiger partial charge is 0.274 e. The summed E-state index contributed by atoms with van der Waals surface area (Å²) >= 11 is 6.30. The summed E-state index contributed by atoms with van der Waals surface area (Å²) in [6, 6.07) is 8.85. The molecule has 1 fully saturated rings. The van der Waals surface area contributed by atoms with Gasteiger partial charge in [-0.25, -0.2) is 4.98 Å². The molecule has 4 N–H and O–H groups in total. The number of halogens is 1. The molecule has 4 heterocycles. The van der Waals surface area contributed by atoms with E-state index in [1.807, 2.05) is 18.2 Å². The number of rotatable bonds is 6. The van der Waals surface area contributed by atoms with Gasteiger partial charge < -0.3 is 15.4 Å². The lowest BCUT2D eigenvalue weighted by Gasteiger charge is -2.38. The first-order valence-corrected chi connectivity index (χ1v) is 11.5. The van der Waals surface area contributed by atoms with Crippen LogP contribution in [-0.4, -0.2) is 67.0 Å². The Kier molecular flexibility index (Phi) is 6.08. The van der Waals surface area contributed by atoms with Crippen LogP contribution in [0.4, 0.5) is 0 Å². The lowest BCUT2D eigenvalue weighted by Crippen LogP contribution is -2.49. The van der Waals surface area contributed by atoms with Crippen LogP contribution in [0.25, 0.3) is 22.3 Å². The number of nitrogens with one attached hydrogen (secondary N) is 2. The van der Waals surface area contributed by atoms with E-state index in [0.717, 1.165) is 16.6 Å². The van der Waals surface area contributed by atoms with Crippen molar-refractivity contribution in [2.75, 3.05) is 13.7 Å². The third-order valence-electron chi connectivity index (χ3n) is 6.36. The third-order valence-corrected chi connectivity index (χ3v) is 6.66. The number of methoxy groups -OCH3 is 1. The number of nitrogens with two attached hydrogens (primary N) is 1. The normalized spacial score (nSPS) is 18.1. The van der Waals surface area contributed by atoms with Crippen molar-refractivity contribution in [3.8, 4) is 17.1 Å². The quantitative estimate of drug-likeness (QED) is 0.371. The predicted octanol–water partition coefficient (Wildman–Crippen LogP) is 2.35. The number of benzene rings is 1. The van der Waals surface area contributed by atoms with Crippen LogP contribution in [0.3, 0.4) is 0 Å². The van der Waals surface area contributed by atoms with Crippen LogP contribution in [0.1, 0.15) is 28.9 Å². The van der Waals surface area contributed by atoms with Crippen LogP contribution in [0, 0.1) is 5.92 Å². The predicted molar refractivity (Wildman–Crippen MR) is 128 cm³/mol. The number of fused-ring (bicyclic) bond motifs is 1. The minimum Gasteiger partial charge on any atom is -0.481 e. The van der Waals surface area contributed by atoms with Crippen molar-refractivity contribution in [2.45, 2.75) is 25.3 Å². The minimum absolute atomic E-state index is 0.233. The fourth-order valence-electron chi connectivity index (χ4n) is 4.51. The SMILES string of the molecule is COc1cc(-c2cc(C(=O)N3CCC(C(N)=O)CC3Cc3ccc4n[nH]nc4c3)n[nH]2)c(Cl)cn1. The molecule has 5 rings (SSSR count). The van der Waals surface area contributed by atoms with Gasteiger partial charge in [0.05, 0.1) is 24.0 Å². The minimum atomic E-state index is -0.350. The number of aromatic nitrogens is 6. The number of amides is 2. The van der Waals surface area contributed by atoms with Gasteiger partial charge in [-0.2, -0.15) is 20.5 Å². The van der Waals surface area contributed by atoms with E-state index in [9.17, 15) is 9.59 Å². The molecule has 1 saturated heterocycles. The molecular weight excluding hydrogens is 472 g/mol. The van der Waals surface area contributed by atoms with Crippen molar-refractivity contribution in [1.29, 1.82) is 0 Å². The van der Waals surface area contributed by atoms with E-state index in [1.54, 1.807) is 17.0 Å². The van der Waals surface area contributed by atoms with Crippen LogP contribution in [0.5, 0.6) is 5.88 Å². The molecule has 2 atom stereocenters. The standard InChI is InChI=1S/C23H23ClN8O3/c1-35-21-9-15(16(24)11-26-21)18-10-20(28-27-18)23(34)32-5-4-13(22(25)33)8-14(32)6-12-2-3-17-19(7-12)30-31-29-17/h2-3,7,9-11,13-14H,4-6,8H2,1H3,(H2,25,33)(H,27,28)(H,29,30,31). The number of aromatic amines is 2. The number of hydrogen-bond donors (Lipinski definition) is 3. The van der Waals surface area contributed by atoms with Crippen LogP contribution < -0.4 is 10.5 Å². The van der Waals surface area contributed by atoms with E-state index in [2.05, 4.69) is 30.6 Å². The van der Waals surface area contributed by atoms with Gasteiger partial charge in [-0.05, 0) is 43.0 Å². The summed E-state index contributed by atoms with van der Waals surface area (Å²) in [6.07, 6.45) is 3.00. The molecule has 1 aliphatic heterocycles. The number of hydrogen-bond acceptors (Lipinski definition) is 7. The van der Waals surface area contributed by atoms with E-state index in [4.69, 9.17) is 22.1 Å². The molecule has 180 valence electrons. The first-order chi connectivity index (χ1) is 16.9. The van der Waals surface area contributed by atoms with E-state index in [-0.39, 0.29) is 29.5 Å². The van der Waals surface area contributed by atoms with Gasteiger partial charge in [-0.15, -0.1) is 0 Å². The maximum atomic E-state index is 13.5. The highest BCUT2D eigenvalue weighted by Crippen LogP contribution is 2.31. The molecule has 3 aromatic heterocycles. The molecule has 1 aliphatic rings. The van der Waals surface area contributed by atoms with Gasteiger partial charge in [0, 0.05) is 30.1 Å². The van der Waals surface area contributed by atoms with Crippen molar-refractivity contribution in [1.82, 2.24) is 35.5 Å². The molecule has 0 aliphatic carbocycles. The van der Waals surface area contributed by atoms with Gasteiger partial charge in [-0.1, -0.05) is 17.7 Å². The van der Waals surface area contributed by atoms with Gasteiger partial charge in [0.25, 0.3) is 5.91 Å². The Morgan fingerprint density at radius 3 is 2.83 bits per heavy atom. The Hall–Kier alpha value is -3.99. The number of carbonyl (C=O) groups excluding carboxylic acids is 2. The third kappa shape index (κ3) is 4.54. The van der Waals surface area contributed by atoms with Gasteiger partial charge >= 0.3 is 0 Å². The van der Waals surface area contributed by atoms with E-state index in [1.165, 1.54) is 13.3 Å². The second kappa shape index (κ2) is 9.34. The molecule has 1 aromatic carbocycles. The number of pyridine rings is 1. The average molecular weight is 495 g/mol. The number of ether oxygens (including phenoxy) is 1. The highest BCUT2D eigenvalue weighted by molar-refractivity contribution is 6.33. The number of primary amides is 1. The van der Waals surface area contributed by atoms with Crippen molar-refractivity contribution in [3.05, 3.63) is 52.8 Å². The van der Waals surface area contributed by atoms with Crippen molar-refractivity contribution < 1.29 is 14.3 Å². The molecule has 2 unspecified atom stereocenters. The zero-order valence-electron chi connectivity index (χ0n) is 18.9. The average Bonchev–Trinajstić information content (AvgIpc) is 3.53. The van der Waals surface area contributed by atoms with Crippen molar-refractivity contribution >= 4 is 34.4 Å². The van der Waals surface area contributed by atoms with E-state index < -0.39 is 0 Å². The fraction of sp³-hybridized carbons (Fsp3) is 0.304. The maximum Gasteiger partial charge on any atom is 0.274 e. The monoisotopic (exact) mass is 494 g/mol. The molecule has 0 spiro atoms. The number of likely N-dealkylation sites (tertiary alicyclic amines) is 1. The summed E-state index contributed by atoms with van der Waals surface area (Å²) in [5, 5.41) is 18.3. The van der Waals surface area contributed by atoms with Gasteiger partial charge in [-0.3, -0.25) is 14.7 Å². The highest BCUT2D eigenvalue weighted by Gasteiger charge is 2.35. The molecule has 0 bridgehead atoms. The van der Waals surface area contributed by atoms with Crippen LogP contribution in [-0.2, 0) is 11.2 Å². The fourth-order valence-corrected chi connectivity index (χ4v) is 4.71. The van der Waals surface area contributed by atoms with Gasteiger partial charge in [0.1, 0.15) is 11.0 Å². The van der Waals surface area contributed by atoms with E-state index >= 15 is 0 Å². The lowest BCUT2D eigenvalue weighted by atomic mass is 9.87. The van der Waals surface area contributed by atoms with Crippen molar-refractivity contribution in [3.63, 3.8) is 0 Å².